The van der Waals surface area contributed by atoms with Gasteiger partial charge in [0.05, 0.1) is 12.6 Å². The lowest BCUT2D eigenvalue weighted by atomic mass is 9.63. The van der Waals surface area contributed by atoms with Gasteiger partial charge in [-0.05, 0) is 24.8 Å². The highest BCUT2D eigenvalue weighted by Crippen LogP contribution is 2.48. The molecule has 0 bridgehead atoms. The monoisotopic (exact) mass is 294 g/mol. The van der Waals surface area contributed by atoms with Crippen LogP contribution in [-0.4, -0.2) is 36.1 Å². The van der Waals surface area contributed by atoms with Crippen LogP contribution < -0.4 is 5.32 Å². The molecule has 1 N–H and O–H groups in total. The van der Waals surface area contributed by atoms with E-state index in [1.165, 1.54) is 4.88 Å². The SMILES string of the molecule is CCOC1CC(N2C(=O)CNC2c2cccs2)C1(C)C. The molecule has 1 amide bonds. The lowest BCUT2D eigenvalue weighted by Gasteiger charge is -2.55. The van der Waals surface area contributed by atoms with E-state index >= 15 is 0 Å². The van der Waals surface area contributed by atoms with Crippen LogP contribution in [0.15, 0.2) is 17.5 Å². The molecule has 0 spiro atoms. The van der Waals surface area contributed by atoms with Crippen molar-refractivity contribution in [3.8, 4) is 0 Å². The van der Waals surface area contributed by atoms with Gasteiger partial charge < -0.3 is 9.64 Å². The highest BCUT2D eigenvalue weighted by Gasteiger charge is 2.55. The third kappa shape index (κ3) is 2.08. The molecule has 3 unspecified atom stereocenters. The highest BCUT2D eigenvalue weighted by atomic mass is 32.1. The van der Waals surface area contributed by atoms with Crippen LogP contribution in [0.25, 0.3) is 0 Å². The molecule has 20 heavy (non-hydrogen) atoms. The van der Waals surface area contributed by atoms with Crippen LogP contribution >= 0.6 is 11.3 Å². The fourth-order valence-corrected chi connectivity index (χ4v) is 4.17. The van der Waals surface area contributed by atoms with Gasteiger partial charge in [0.1, 0.15) is 6.17 Å². The summed E-state index contributed by atoms with van der Waals surface area (Å²) in [5, 5.41) is 5.40. The molecule has 1 saturated heterocycles. The number of hydrogen-bond donors (Lipinski definition) is 1. The van der Waals surface area contributed by atoms with E-state index in [2.05, 4.69) is 30.6 Å². The minimum Gasteiger partial charge on any atom is -0.378 e. The summed E-state index contributed by atoms with van der Waals surface area (Å²) in [6.45, 7) is 7.62. The lowest BCUT2D eigenvalue weighted by Crippen LogP contribution is -2.63. The van der Waals surface area contributed by atoms with Gasteiger partial charge in [0.15, 0.2) is 0 Å². The fraction of sp³-hybridized carbons (Fsp3) is 0.667. The van der Waals surface area contributed by atoms with Gasteiger partial charge in [-0.15, -0.1) is 11.3 Å². The number of nitrogens with one attached hydrogen (secondary N) is 1. The normalized spacial score (nSPS) is 32.5. The summed E-state index contributed by atoms with van der Waals surface area (Å²) in [5.74, 6) is 0.205. The van der Waals surface area contributed by atoms with E-state index in [9.17, 15) is 4.79 Å². The maximum atomic E-state index is 12.3. The van der Waals surface area contributed by atoms with Gasteiger partial charge >= 0.3 is 0 Å². The zero-order chi connectivity index (χ0) is 14.3. The number of thiophene rings is 1. The van der Waals surface area contributed by atoms with Gasteiger partial charge in [-0.2, -0.15) is 0 Å². The molecule has 2 fully saturated rings. The van der Waals surface area contributed by atoms with E-state index in [-0.39, 0.29) is 29.6 Å². The number of nitrogens with zero attached hydrogens (tertiary/aromatic N) is 1. The minimum atomic E-state index is 0.0210. The molecule has 1 aromatic heterocycles. The van der Waals surface area contributed by atoms with Crippen molar-refractivity contribution < 1.29 is 9.53 Å². The van der Waals surface area contributed by atoms with E-state index in [4.69, 9.17) is 4.74 Å². The van der Waals surface area contributed by atoms with Crippen molar-refractivity contribution in [3.63, 3.8) is 0 Å². The molecule has 5 heteroatoms. The molecule has 1 aromatic rings. The molecular weight excluding hydrogens is 272 g/mol. The first-order chi connectivity index (χ1) is 9.55. The van der Waals surface area contributed by atoms with E-state index in [0.717, 1.165) is 13.0 Å². The van der Waals surface area contributed by atoms with Gasteiger partial charge in [0, 0.05) is 22.9 Å². The Morgan fingerprint density at radius 1 is 1.55 bits per heavy atom. The summed E-state index contributed by atoms with van der Waals surface area (Å²) in [7, 11) is 0. The number of rotatable bonds is 4. The quantitative estimate of drug-likeness (QED) is 0.927. The molecule has 0 aromatic carbocycles. The van der Waals surface area contributed by atoms with E-state index < -0.39 is 0 Å². The van der Waals surface area contributed by atoms with Crippen molar-refractivity contribution in [2.24, 2.45) is 5.41 Å². The van der Waals surface area contributed by atoms with E-state index in [0.29, 0.717) is 6.54 Å². The van der Waals surface area contributed by atoms with Crippen LogP contribution in [0.2, 0.25) is 0 Å². The second-order valence-electron chi connectivity index (χ2n) is 6.12. The average Bonchev–Trinajstić information content (AvgIpc) is 3.04. The molecule has 3 atom stereocenters. The first-order valence-corrected chi connectivity index (χ1v) is 8.13. The van der Waals surface area contributed by atoms with E-state index in [1.54, 1.807) is 11.3 Å². The maximum absolute atomic E-state index is 12.3. The van der Waals surface area contributed by atoms with Crippen molar-refractivity contribution in [1.82, 2.24) is 10.2 Å². The van der Waals surface area contributed by atoms with Crippen molar-refractivity contribution in [2.75, 3.05) is 13.2 Å². The Morgan fingerprint density at radius 3 is 2.95 bits per heavy atom. The maximum Gasteiger partial charge on any atom is 0.238 e. The Balaban J connectivity index is 1.80. The number of hydrogen-bond acceptors (Lipinski definition) is 4. The summed E-state index contributed by atoms with van der Waals surface area (Å²) in [4.78, 5) is 15.6. The Morgan fingerprint density at radius 2 is 2.35 bits per heavy atom. The number of carbonyl (C=O) groups excluding carboxylic acids is 1. The average molecular weight is 294 g/mol. The number of carbonyl (C=O) groups is 1. The van der Waals surface area contributed by atoms with Crippen LogP contribution in [0.4, 0.5) is 0 Å². The van der Waals surface area contributed by atoms with E-state index in [1.807, 2.05) is 17.9 Å². The molecule has 110 valence electrons. The standard InChI is InChI=1S/C15H22N2O2S/c1-4-19-12-8-11(15(12,2)3)17-13(18)9-16-14(17)10-6-5-7-20-10/h5-7,11-12,14,16H,4,8-9H2,1-3H3. The molecule has 1 aliphatic carbocycles. The largest absolute Gasteiger partial charge is 0.378 e. The zero-order valence-electron chi connectivity index (χ0n) is 12.3. The van der Waals surface area contributed by atoms with Gasteiger partial charge in [-0.25, -0.2) is 0 Å². The molecule has 2 aliphatic rings. The fourth-order valence-electron chi connectivity index (χ4n) is 3.38. The molecule has 4 nitrogen and oxygen atoms in total. The number of ether oxygens (including phenoxy) is 1. The topological polar surface area (TPSA) is 41.6 Å². The van der Waals surface area contributed by atoms with Gasteiger partial charge in [-0.1, -0.05) is 19.9 Å². The van der Waals surface area contributed by atoms with Crippen molar-refractivity contribution >= 4 is 17.2 Å². The van der Waals surface area contributed by atoms with Crippen LogP contribution in [-0.2, 0) is 9.53 Å². The summed E-state index contributed by atoms with van der Waals surface area (Å²) in [6.07, 6.45) is 1.24. The molecule has 1 aliphatic heterocycles. The smallest absolute Gasteiger partial charge is 0.238 e. The Labute approximate surface area is 124 Å². The molecule has 3 rings (SSSR count). The molecule has 0 radical (unpaired) electrons. The third-order valence-corrected chi connectivity index (χ3v) is 5.58. The summed E-state index contributed by atoms with van der Waals surface area (Å²) >= 11 is 1.70. The van der Waals surface area contributed by atoms with Crippen molar-refractivity contribution in [3.05, 3.63) is 22.4 Å². The number of amides is 1. The summed E-state index contributed by atoms with van der Waals surface area (Å²) in [5.41, 5.74) is 0.0210. The van der Waals surface area contributed by atoms with Crippen LogP contribution in [0.3, 0.4) is 0 Å². The Bertz CT molecular complexity index is 486. The zero-order valence-corrected chi connectivity index (χ0v) is 13.1. The van der Waals surface area contributed by atoms with Crippen molar-refractivity contribution in [2.45, 2.75) is 45.5 Å². The van der Waals surface area contributed by atoms with Crippen LogP contribution in [0.1, 0.15) is 38.2 Å². The van der Waals surface area contributed by atoms with Crippen molar-refractivity contribution in [1.29, 1.82) is 0 Å². The second-order valence-corrected chi connectivity index (χ2v) is 7.10. The summed E-state index contributed by atoms with van der Waals surface area (Å²) in [6, 6.07) is 4.39. The second kappa shape index (κ2) is 5.13. The highest BCUT2D eigenvalue weighted by molar-refractivity contribution is 7.10. The molecule has 2 heterocycles. The Kier molecular flexibility index (Phi) is 3.60. The van der Waals surface area contributed by atoms with Crippen LogP contribution in [0, 0.1) is 5.41 Å². The minimum absolute atomic E-state index is 0.0210. The first-order valence-electron chi connectivity index (χ1n) is 7.25. The van der Waals surface area contributed by atoms with Gasteiger partial charge in [-0.3, -0.25) is 10.1 Å². The predicted octanol–water partition coefficient (Wildman–Crippen LogP) is 2.38. The lowest BCUT2D eigenvalue weighted by molar-refractivity contribution is -0.167. The van der Waals surface area contributed by atoms with Gasteiger partial charge in [0.2, 0.25) is 5.91 Å². The van der Waals surface area contributed by atoms with Crippen LogP contribution in [0.5, 0.6) is 0 Å². The predicted molar refractivity (Wildman–Crippen MR) is 79.5 cm³/mol. The third-order valence-electron chi connectivity index (χ3n) is 4.66. The molecular formula is C15H22N2O2S. The molecule has 1 saturated carbocycles. The first kappa shape index (κ1) is 14.0. The van der Waals surface area contributed by atoms with Gasteiger partial charge in [0.25, 0.3) is 0 Å². The Hall–Kier alpha value is -0.910. The summed E-state index contributed by atoms with van der Waals surface area (Å²) < 4.78 is 5.79.